The number of guanidine groups is 1. The van der Waals surface area contributed by atoms with Crippen LogP contribution in [0.1, 0.15) is 42.8 Å². The van der Waals surface area contributed by atoms with Gasteiger partial charge in [0.2, 0.25) is 0 Å². The Morgan fingerprint density at radius 1 is 1.38 bits per heavy atom. The van der Waals surface area contributed by atoms with Crippen molar-refractivity contribution in [3.63, 3.8) is 0 Å². The largest absolute Gasteiger partial charge is 0.434 e. The Morgan fingerprint density at radius 3 is 2.75 bits per heavy atom. The van der Waals surface area contributed by atoms with Gasteiger partial charge in [0.05, 0.1) is 12.6 Å². The lowest BCUT2D eigenvalue weighted by Crippen LogP contribution is -2.37. The van der Waals surface area contributed by atoms with Gasteiger partial charge >= 0.3 is 6.18 Å². The summed E-state index contributed by atoms with van der Waals surface area (Å²) >= 11 is 0.979. The molecule has 1 fully saturated rings. The van der Waals surface area contributed by atoms with Gasteiger partial charge in [0.25, 0.3) is 0 Å². The van der Waals surface area contributed by atoms with Crippen molar-refractivity contribution in [2.75, 3.05) is 20.2 Å². The molecule has 1 saturated carbocycles. The third kappa shape index (κ3) is 6.27. The van der Waals surface area contributed by atoms with E-state index in [1.807, 2.05) is 0 Å². The van der Waals surface area contributed by atoms with Crippen molar-refractivity contribution < 1.29 is 17.9 Å². The molecule has 1 aliphatic carbocycles. The Kier molecular flexibility index (Phi) is 7.29. The van der Waals surface area contributed by atoms with Gasteiger partial charge < -0.3 is 15.4 Å². The average Bonchev–Trinajstić information content (AvgIpc) is 3.20. The van der Waals surface area contributed by atoms with Gasteiger partial charge in [-0.15, -0.1) is 11.3 Å². The van der Waals surface area contributed by atoms with Crippen molar-refractivity contribution in [1.29, 1.82) is 0 Å². The first-order valence-electron chi connectivity index (χ1n) is 8.07. The Bertz CT molecular complexity index is 527. The molecular weight excluding hydrogens is 341 g/mol. The molecule has 5 nitrogen and oxygen atoms in total. The van der Waals surface area contributed by atoms with E-state index in [1.165, 1.54) is 12.8 Å². The van der Waals surface area contributed by atoms with E-state index in [0.717, 1.165) is 36.0 Å². The van der Waals surface area contributed by atoms with Crippen molar-refractivity contribution in [1.82, 2.24) is 15.6 Å². The number of thiazole rings is 1. The molecule has 0 atom stereocenters. The first-order chi connectivity index (χ1) is 11.5. The van der Waals surface area contributed by atoms with Crippen LogP contribution in [0.25, 0.3) is 0 Å². The van der Waals surface area contributed by atoms with Crippen LogP contribution < -0.4 is 10.6 Å². The Labute approximate surface area is 143 Å². The maximum Gasteiger partial charge on any atom is 0.434 e. The fourth-order valence-corrected chi connectivity index (χ4v) is 3.23. The summed E-state index contributed by atoms with van der Waals surface area (Å²) in [7, 11) is 1.62. The lowest BCUT2D eigenvalue weighted by Gasteiger charge is -2.13. The van der Waals surface area contributed by atoms with Gasteiger partial charge in [-0.2, -0.15) is 13.2 Å². The minimum Gasteiger partial charge on any atom is -0.378 e. The normalized spacial score (nSPS) is 16.6. The maximum absolute atomic E-state index is 12.5. The SMILES string of the molecule is CN=C(NCCCOC1CCCC1)NCc1nc(C(F)(F)F)cs1. The van der Waals surface area contributed by atoms with E-state index in [9.17, 15) is 13.2 Å². The molecule has 0 unspecified atom stereocenters. The molecule has 0 spiro atoms. The molecule has 9 heteroatoms. The summed E-state index contributed by atoms with van der Waals surface area (Å²) in [6.45, 7) is 1.60. The minimum atomic E-state index is -4.39. The fourth-order valence-electron chi connectivity index (χ4n) is 2.49. The zero-order valence-corrected chi connectivity index (χ0v) is 14.5. The van der Waals surface area contributed by atoms with Crippen molar-refractivity contribution in [3.8, 4) is 0 Å². The summed E-state index contributed by atoms with van der Waals surface area (Å²) in [4.78, 5) is 7.61. The van der Waals surface area contributed by atoms with E-state index in [0.29, 0.717) is 30.2 Å². The monoisotopic (exact) mass is 364 g/mol. The molecule has 0 aliphatic heterocycles. The van der Waals surface area contributed by atoms with E-state index in [4.69, 9.17) is 4.74 Å². The predicted molar refractivity (Wildman–Crippen MR) is 88.1 cm³/mol. The quantitative estimate of drug-likeness (QED) is 0.443. The van der Waals surface area contributed by atoms with Crippen LogP contribution in [0.3, 0.4) is 0 Å². The average molecular weight is 364 g/mol. The molecule has 1 aliphatic rings. The van der Waals surface area contributed by atoms with Gasteiger partial charge in [-0.25, -0.2) is 4.98 Å². The number of aliphatic imine (C=N–C) groups is 1. The van der Waals surface area contributed by atoms with Gasteiger partial charge in [-0.05, 0) is 19.3 Å². The van der Waals surface area contributed by atoms with E-state index in [1.54, 1.807) is 7.05 Å². The molecule has 2 rings (SSSR count). The highest BCUT2D eigenvalue weighted by Crippen LogP contribution is 2.29. The highest BCUT2D eigenvalue weighted by molar-refractivity contribution is 7.09. The van der Waals surface area contributed by atoms with Crippen molar-refractivity contribution in [2.45, 2.75) is 50.9 Å². The minimum absolute atomic E-state index is 0.207. The molecule has 136 valence electrons. The van der Waals surface area contributed by atoms with Crippen molar-refractivity contribution in [2.24, 2.45) is 4.99 Å². The number of hydrogen-bond acceptors (Lipinski definition) is 4. The molecule has 1 aromatic heterocycles. The third-order valence-electron chi connectivity index (χ3n) is 3.74. The molecule has 0 aromatic carbocycles. The molecule has 0 bridgehead atoms. The zero-order chi connectivity index (χ0) is 17.4. The van der Waals surface area contributed by atoms with E-state index < -0.39 is 11.9 Å². The Balaban J connectivity index is 1.62. The van der Waals surface area contributed by atoms with Crippen LogP contribution in [0.2, 0.25) is 0 Å². The summed E-state index contributed by atoms with van der Waals surface area (Å²) in [6, 6.07) is 0. The van der Waals surface area contributed by atoms with E-state index >= 15 is 0 Å². The molecule has 1 heterocycles. The molecule has 0 amide bonds. The van der Waals surface area contributed by atoms with Gasteiger partial charge in [0.15, 0.2) is 11.7 Å². The highest BCUT2D eigenvalue weighted by Gasteiger charge is 2.33. The first kappa shape index (κ1) is 19.0. The number of rotatable bonds is 7. The fraction of sp³-hybridized carbons (Fsp3) is 0.733. The first-order valence-corrected chi connectivity index (χ1v) is 8.94. The highest BCUT2D eigenvalue weighted by atomic mass is 32.1. The van der Waals surface area contributed by atoms with Crippen molar-refractivity contribution >= 4 is 17.3 Å². The number of halogens is 3. The molecule has 24 heavy (non-hydrogen) atoms. The Hall–Kier alpha value is -1.35. The number of hydrogen-bond donors (Lipinski definition) is 2. The summed E-state index contributed by atoms with van der Waals surface area (Å²) in [5, 5.41) is 7.47. The molecule has 1 aromatic rings. The van der Waals surface area contributed by atoms with Crippen LogP contribution in [0, 0.1) is 0 Å². The number of nitrogens with one attached hydrogen (secondary N) is 2. The summed E-state index contributed by atoms with van der Waals surface area (Å²) < 4.78 is 43.2. The van der Waals surface area contributed by atoms with Crippen molar-refractivity contribution in [3.05, 3.63) is 16.1 Å². The van der Waals surface area contributed by atoms with Crippen LogP contribution in [0.5, 0.6) is 0 Å². The third-order valence-corrected chi connectivity index (χ3v) is 4.59. The molecule has 0 saturated heterocycles. The summed E-state index contributed by atoms with van der Waals surface area (Å²) in [5.41, 5.74) is -0.851. The van der Waals surface area contributed by atoms with Gasteiger partial charge in [0, 0.05) is 25.6 Å². The zero-order valence-electron chi connectivity index (χ0n) is 13.7. The standard InChI is InChI=1S/C15H23F3N4OS/c1-19-14(20-7-4-8-23-11-5-2-3-6-11)21-9-13-22-12(10-24-13)15(16,17)18/h10-11H,2-9H2,1H3,(H2,19,20,21). The number of ether oxygens (including phenoxy) is 1. The lowest BCUT2D eigenvalue weighted by molar-refractivity contribution is -0.140. The second kappa shape index (κ2) is 9.22. The topological polar surface area (TPSA) is 58.5 Å². The second-order valence-corrected chi connectivity index (χ2v) is 6.55. The van der Waals surface area contributed by atoms with E-state index in [2.05, 4.69) is 20.6 Å². The number of alkyl halides is 3. The molecule has 0 radical (unpaired) electrons. The van der Waals surface area contributed by atoms with Gasteiger partial charge in [-0.3, -0.25) is 4.99 Å². The van der Waals surface area contributed by atoms with Crippen LogP contribution in [-0.2, 0) is 17.5 Å². The second-order valence-electron chi connectivity index (χ2n) is 5.61. The summed E-state index contributed by atoms with van der Waals surface area (Å²) in [6.07, 6.45) is 1.70. The Morgan fingerprint density at radius 2 is 2.12 bits per heavy atom. The number of aromatic nitrogens is 1. The van der Waals surface area contributed by atoms with Crippen LogP contribution in [-0.4, -0.2) is 37.2 Å². The number of nitrogens with zero attached hydrogens (tertiary/aromatic N) is 2. The maximum atomic E-state index is 12.5. The van der Waals surface area contributed by atoms with E-state index in [-0.39, 0.29) is 6.54 Å². The smallest absolute Gasteiger partial charge is 0.378 e. The van der Waals surface area contributed by atoms with Gasteiger partial charge in [0.1, 0.15) is 5.01 Å². The van der Waals surface area contributed by atoms with Gasteiger partial charge in [-0.1, -0.05) is 12.8 Å². The predicted octanol–water partition coefficient (Wildman–Crippen LogP) is 3.18. The lowest BCUT2D eigenvalue weighted by atomic mass is 10.3. The van der Waals surface area contributed by atoms with Crippen LogP contribution >= 0.6 is 11.3 Å². The van der Waals surface area contributed by atoms with Crippen LogP contribution in [0.15, 0.2) is 10.4 Å². The molecular formula is C15H23F3N4OS. The van der Waals surface area contributed by atoms with Crippen LogP contribution in [0.4, 0.5) is 13.2 Å². The molecule has 2 N–H and O–H groups in total. The summed E-state index contributed by atoms with van der Waals surface area (Å²) in [5.74, 6) is 0.541.